The molecule has 3 aromatic rings. The summed E-state index contributed by atoms with van der Waals surface area (Å²) in [6.07, 6.45) is 0. The van der Waals surface area contributed by atoms with E-state index in [1.807, 2.05) is 4.70 Å². The first kappa shape index (κ1) is 25.2. The molecule has 4 rings (SSSR count). The molecule has 0 aromatic heterocycles. The van der Waals surface area contributed by atoms with Gasteiger partial charge in [0.05, 0.1) is 5.22 Å². The minimum atomic E-state index is -0.103. The van der Waals surface area contributed by atoms with Gasteiger partial charge in [-0.05, 0) is 23.7 Å². The molecule has 1 aliphatic heterocycles. The molecule has 0 saturated heterocycles. The molecule has 0 N–H and O–H groups in total. The van der Waals surface area contributed by atoms with Gasteiger partial charge in [-0.1, -0.05) is 122 Å². The van der Waals surface area contributed by atoms with Crippen LogP contribution in [0, 0.1) is 6.54 Å². The maximum absolute atomic E-state index is 5.31. The molecule has 0 aliphatic carbocycles. The van der Waals surface area contributed by atoms with E-state index in [0.717, 1.165) is 0 Å². The molecule has 1 unspecified atom stereocenters. The van der Waals surface area contributed by atoms with Gasteiger partial charge in [-0.2, -0.15) is 0 Å². The molecule has 1 atom stereocenters. The molecule has 35 heavy (non-hydrogen) atoms. The van der Waals surface area contributed by atoms with E-state index >= 15 is 0 Å². The maximum Gasteiger partial charge on any atom is 0.289 e. The summed E-state index contributed by atoms with van der Waals surface area (Å²) in [5.74, 6) is 1.55. The first-order valence-electron chi connectivity index (χ1n) is 13.1. The monoisotopic (exact) mass is 466 g/mol. The lowest BCUT2D eigenvalue weighted by Crippen LogP contribution is -2.22. The van der Waals surface area contributed by atoms with Crippen molar-refractivity contribution >= 4 is 11.4 Å². The molecule has 0 amide bonds. The maximum atomic E-state index is 5.31. The third-order valence-electron chi connectivity index (χ3n) is 6.92. The second-order valence-electron chi connectivity index (χ2n) is 10.9. The van der Waals surface area contributed by atoms with Crippen molar-refractivity contribution in [3.05, 3.63) is 101 Å². The average Bonchev–Trinajstić information content (AvgIpc) is 3.28. The molecule has 1 heterocycles. The SMILES string of the molecule is CC(C)c1cccc(C(C)C)c1N1N=[N+](c2c(C(C)C)cccc2C(C)C)[C]C1c1ccccc1. The van der Waals surface area contributed by atoms with Crippen LogP contribution >= 0.6 is 0 Å². The van der Waals surface area contributed by atoms with Gasteiger partial charge in [-0.15, -0.1) is 9.71 Å². The van der Waals surface area contributed by atoms with Crippen molar-refractivity contribution in [2.24, 2.45) is 5.22 Å². The fraction of sp³-hybridized carbons (Fsp3) is 0.406. The first-order chi connectivity index (χ1) is 16.7. The Morgan fingerprint density at radius 1 is 0.629 bits per heavy atom. The van der Waals surface area contributed by atoms with Crippen molar-refractivity contribution in [2.45, 2.75) is 85.1 Å². The fourth-order valence-electron chi connectivity index (χ4n) is 5.01. The summed E-state index contributed by atoms with van der Waals surface area (Å²) < 4.78 is 2.05. The lowest BCUT2D eigenvalue weighted by Gasteiger charge is -2.22. The Balaban J connectivity index is 1.98. The van der Waals surface area contributed by atoms with Crippen LogP contribution in [-0.2, 0) is 0 Å². The largest absolute Gasteiger partial charge is 0.289 e. The van der Waals surface area contributed by atoms with Crippen LogP contribution in [0.5, 0.6) is 0 Å². The van der Waals surface area contributed by atoms with Crippen LogP contribution in [0.1, 0.15) is 113 Å². The second kappa shape index (κ2) is 10.4. The minimum Gasteiger partial charge on any atom is -0.120 e. The van der Waals surface area contributed by atoms with Crippen molar-refractivity contribution in [2.75, 3.05) is 5.01 Å². The van der Waals surface area contributed by atoms with Gasteiger partial charge in [-0.3, -0.25) is 0 Å². The van der Waals surface area contributed by atoms with Gasteiger partial charge in [0, 0.05) is 27.8 Å². The van der Waals surface area contributed by atoms with Gasteiger partial charge in [0.2, 0.25) is 6.04 Å². The van der Waals surface area contributed by atoms with E-state index in [-0.39, 0.29) is 6.04 Å². The molecule has 0 fully saturated rings. The van der Waals surface area contributed by atoms with Gasteiger partial charge in [-0.25, -0.2) is 0 Å². The number of benzene rings is 3. The summed E-state index contributed by atoms with van der Waals surface area (Å²) in [7, 11) is 0. The molecule has 2 radical (unpaired) electrons. The summed E-state index contributed by atoms with van der Waals surface area (Å²) in [5.41, 5.74) is 8.85. The zero-order valence-corrected chi connectivity index (χ0v) is 22.6. The van der Waals surface area contributed by atoms with Crippen molar-refractivity contribution < 1.29 is 4.70 Å². The summed E-state index contributed by atoms with van der Waals surface area (Å²) in [4.78, 5) is 0. The molecule has 3 aromatic carbocycles. The summed E-state index contributed by atoms with van der Waals surface area (Å²) in [5, 5.41) is 7.54. The lowest BCUT2D eigenvalue weighted by atomic mass is 9.91. The average molecular weight is 467 g/mol. The Bertz CT molecular complexity index is 1140. The van der Waals surface area contributed by atoms with E-state index in [9.17, 15) is 0 Å². The van der Waals surface area contributed by atoms with Crippen LogP contribution in [0.3, 0.4) is 0 Å². The number of rotatable bonds is 7. The highest BCUT2D eigenvalue weighted by molar-refractivity contribution is 5.63. The van der Waals surface area contributed by atoms with Crippen molar-refractivity contribution in [1.29, 1.82) is 0 Å². The van der Waals surface area contributed by atoms with E-state index in [1.165, 1.54) is 39.2 Å². The Hall–Kier alpha value is -2.94. The van der Waals surface area contributed by atoms with Crippen molar-refractivity contribution in [1.82, 2.24) is 0 Å². The van der Waals surface area contributed by atoms with Gasteiger partial charge >= 0.3 is 0 Å². The summed E-state index contributed by atoms with van der Waals surface area (Å²) in [6, 6.07) is 23.9. The standard InChI is InChI=1S/C32H40N3/c1-21(2)26-16-12-17-27(22(3)4)31(26)34-20-30(25-14-10-9-11-15-25)35(33-34)32-28(23(5)6)18-13-19-29(32)24(7)8/h9-19,21-24,30H,1-8H3/q+1. The topological polar surface area (TPSA) is 18.6 Å². The predicted molar refractivity (Wildman–Crippen MR) is 146 cm³/mol. The van der Waals surface area contributed by atoms with Crippen LogP contribution in [0.25, 0.3) is 0 Å². The third-order valence-corrected chi connectivity index (χ3v) is 6.92. The van der Waals surface area contributed by atoms with Crippen LogP contribution in [0.2, 0.25) is 0 Å². The van der Waals surface area contributed by atoms with Crippen molar-refractivity contribution in [3.63, 3.8) is 0 Å². The normalized spacial score (nSPS) is 16.2. The van der Waals surface area contributed by atoms with Crippen LogP contribution in [0.15, 0.2) is 72.0 Å². The lowest BCUT2D eigenvalue weighted by molar-refractivity contribution is -0.461. The number of hydrogen-bond acceptors (Lipinski definition) is 2. The molecule has 3 nitrogen and oxygen atoms in total. The Morgan fingerprint density at radius 3 is 1.54 bits per heavy atom. The first-order valence-corrected chi connectivity index (χ1v) is 13.1. The Morgan fingerprint density at radius 2 is 1.09 bits per heavy atom. The van der Waals surface area contributed by atoms with Gasteiger partial charge in [0.1, 0.15) is 0 Å². The minimum absolute atomic E-state index is 0.103. The zero-order chi connectivity index (χ0) is 25.3. The van der Waals surface area contributed by atoms with E-state index in [1.54, 1.807) is 0 Å². The molecule has 1 aliphatic rings. The molecule has 182 valence electrons. The fourth-order valence-corrected chi connectivity index (χ4v) is 5.01. The quantitative estimate of drug-likeness (QED) is 0.317. The molecular weight excluding hydrogens is 426 g/mol. The zero-order valence-electron chi connectivity index (χ0n) is 22.6. The summed E-state index contributed by atoms with van der Waals surface area (Å²) >= 11 is 0. The van der Waals surface area contributed by atoms with E-state index < -0.39 is 0 Å². The second-order valence-corrected chi connectivity index (χ2v) is 10.9. The highest BCUT2D eigenvalue weighted by Crippen LogP contribution is 2.46. The van der Waals surface area contributed by atoms with Crippen LogP contribution in [-0.4, -0.2) is 4.70 Å². The number of hydrogen-bond donors (Lipinski definition) is 0. The number of nitrogens with zero attached hydrogens (tertiary/aromatic N) is 3. The molecule has 0 saturated carbocycles. The number of para-hydroxylation sites is 2. The smallest absolute Gasteiger partial charge is 0.120 e. The van der Waals surface area contributed by atoms with Gasteiger partial charge in [0.15, 0.2) is 11.4 Å². The number of anilines is 1. The third kappa shape index (κ3) is 4.91. The molecule has 0 spiro atoms. The van der Waals surface area contributed by atoms with Gasteiger partial charge in [0.25, 0.3) is 6.54 Å². The van der Waals surface area contributed by atoms with E-state index in [0.29, 0.717) is 23.7 Å². The summed E-state index contributed by atoms with van der Waals surface area (Å²) in [6.45, 7) is 21.9. The predicted octanol–water partition coefficient (Wildman–Crippen LogP) is 9.49. The van der Waals surface area contributed by atoms with Gasteiger partial charge < -0.3 is 0 Å². The Labute approximate surface area is 212 Å². The molecule has 0 bridgehead atoms. The van der Waals surface area contributed by atoms with Crippen LogP contribution in [0.4, 0.5) is 11.4 Å². The molecular formula is C32H40N3+. The van der Waals surface area contributed by atoms with E-state index in [4.69, 9.17) is 5.22 Å². The Kier molecular flexibility index (Phi) is 7.44. The highest BCUT2D eigenvalue weighted by atomic mass is 15.6. The molecule has 3 heteroatoms. The van der Waals surface area contributed by atoms with Crippen LogP contribution < -0.4 is 5.01 Å². The van der Waals surface area contributed by atoms with Crippen molar-refractivity contribution in [3.8, 4) is 0 Å². The highest BCUT2D eigenvalue weighted by Gasteiger charge is 2.44. The van der Waals surface area contributed by atoms with E-state index in [2.05, 4.69) is 134 Å².